The molecule has 1 atom stereocenters. The van der Waals surface area contributed by atoms with Crippen molar-refractivity contribution in [2.45, 2.75) is 12.5 Å². The zero-order chi connectivity index (χ0) is 10.7. The molecule has 0 heterocycles. The highest BCUT2D eigenvalue weighted by atomic mass is 79.9. The molecule has 0 amide bonds. The van der Waals surface area contributed by atoms with Crippen LogP contribution in [0.2, 0.25) is 0 Å². The number of nitrogens with two attached hydrogens (primary N) is 1. The van der Waals surface area contributed by atoms with Gasteiger partial charge < -0.3 is 10.8 Å². The Bertz CT molecular complexity index is 310. The molecule has 1 aromatic carbocycles. The largest absolute Gasteiger partial charge is 0.506 e. The van der Waals surface area contributed by atoms with Crippen LogP contribution in [0.15, 0.2) is 21.1 Å². The Balaban J connectivity index is 3.00. The molecular weight excluding hydrogens is 317 g/mol. The third kappa shape index (κ3) is 2.68. The van der Waals surface area contributed by atoms with Crippen molar-refractivity contribution in [2.75, 3.05) is 6.67 Å². The molecule has 1 rings (SSSR count). The van der Waals surface area contributed by atoms with Crippen molar-refractivity contribution in [1.29, 1.82) is 0 Å². The van der Waals surface area contributed by atoms with Crippen LogP contribution in [-0.2, 0) is 0 Å². The van der Waals surface area contributed by atoms with Crippen molar-refractivity contribution < 1.29 is 9.50 Å². The number of phenolic OH excluding ortho intramolecular Hbond substituents is 1. The lowest BCUT2D eigenvalue weighted by molar-refractivity contribution is 0.440. The first-order valence-electron chi connectivity index (χ1n) is 4.05. The van der Waals surface area contributed by atoms with Gasteiger partial charge in [0.05, 0.1) is 15.6 Å². The molecule has 0 spiro atoms. The van der Waals surface area contributed by atoms with Gasteiger partial charge in [0.25, 0.3) is 0 Å². The number of hydrogen-bond acceptors (Lipinski definition) is 2. The minimum atomic E-state index is -0.447. The van der Waals surface area contributed by atoms with E-state index in [1.165, 1.54) is 0 Å². The number of hydrogen-bond donors (Lipinski definition) is 2. The first-order valence-corrected chi connectivity index (χ1v) is 5.64. The summed E-state index contributed by atoms with van der Waals surface area (Å²) in [6, 6.07) is 3.05. The Morgan fingerprint density at radius 3 is 2.29 bits per heavy atom. The maximum atomic E-state index is 12.1. The molecule has 0 unspecified atom stereocenters. The van der Waals surface area contributed by atoms with Gasteiger partial charge in [-0.15, -0.1) is 0 Å². The second-order valence-corrected chi connectivity index (χ2v) is 4.63. The fourth-order valence-electron chi connectivity index (χ4n) is 1.08. The molecule has 78 valence electrons. The van der Waals surface area contributed by atoms with Crippen molar-refractivity contribution in [3.63, 3.8) is 0 Å². The molecule has 0 radical (unpaired) electrons. The van der Waals surface area contributed by atoms with Gasteiger partial charge >= 0.3 is 0 Å². The first-order chi connectivity index (χ1) is 6.56. The topological polar surface area (TPSA) is 46.2 Å². The normalized spacial score (nSPS) is 12.9. The molecule has 5 heteroatoms. The van der Waals surface area contributed by atoms with E-state index < -0.39 is 6.67 Å². The predicted octanol–water partition coefficient (Wildman–Crippen LogP) is 3.28. The molecule has 0 aliphatic carbocycles. The van der Waals surface area contributed by atoms with E-state index in [0.717, 1.165) is 5.56 Å². The van der Waals surface area contributed by atoms with Gasteiger partial charge in [-0.05, 0) is 56.0 Å². The number of aromatic hydroxyl groups is 1. The van der Waals surface area contributed by atoms with Crippen LogP contribution in [0.1, 0.15) is 18.0 Å². The maximum Gasteiger partial charge on any atom is 0.143 e. The number of rotatable bonds is 3. The summed E-state index contributed by atoms with van der Waals surface area (Å²) in [5.41, 5.74) is 6.52. The second-order valence-electron chi connectivity index (χ2n) is 2.92. The lowest BCUT2D eigenvalue weighted by atomic mass is 10.1. The average Bonchev–Trinajstić information content (AvgIpc) is 2.13. The van der Waals surface area contributed by atoms with Crippen molar-refractivity contribution in [2.24, 2.45) is 5.73 Å². The van der Waals surface area contributed by atoms with Gasteiger partial charge in [-0.25, -0.2) is 0 Å². The van der Waals surface area contributed by atoms with Crippen LogP contribution in [0.3, 0.4) is 0 Å². The molecular formula is C9H10Br2FNO. The third-order valence-electron chi connectivity index (χ3n) is 1.89. The third-order valence-corrected chi connectivity index (χ3v) is 3.10. The molecule has 0 aliphatic rings. The van der Waals surface area contributed by atoms with Gasteiger partial charge in [-0.3, -0.25) is 4.39 Å². The van der Waals surface area contributed by atoms with E-state index in [9.17, 15) is 9.50 Å². The van der Waals surface area contributed by atoms with Crippen LogP contribution >= 0.6 is 31.9 Å². The Kier molecular flexibility index (Phi) is 4.34. The summed E-state index contributed by atoms with van der Waals surface area (Å²) < 4.78 is 13.2. The van der Waals surface area contributed by atoms with Crippen LogP contribution in [0.5, 0.6) is 5.75 Å². The van der Waals surface area contributed by atoms with E-state index in [-0.39, 0.29) is 18.2 Å². The quantitative estimate of drug-likeness (QED) is 0.895. The van der Waals surface area contributed by atoms with Gasteiger partial charge in [0.1, 0.15) is 5.75 Å². The monoisotopic (exact) mass is 325 g/mol. The van der Waals surface area contributed by atoms with E-state index in [1.54, 1.807) is 12.1 Å². The van der Waals surface area contributed by atoms with Crippen LogP contribution < -0.4 is 5.73 Å². The summed E-state index contributed by atoms with van der Waals surface area (Å²) in [4.78, 5) is 0. The summed E-state index contributed by atoms with van der Waals surface area (Å²) in [5.74, 6) is 0.126. The smallest absolute Gasteiger partial charge is 0.143 e. The molecule has 0 aliphatic heterocycles. The van der Waals surface area contributed by atoms with Crippen molar-refractivity contribution >= 4 is 31.9 Å². The van der Waals surface area contributed by atoms with Crippen LogP contribution in [-0.4, -0.2) is 11.8 Å². The summed E-state index contributed by atoms with van der Waals surface area (Å²) in [6.07, 6.45) is 0.281. The predicted molar refractivity (Wildman–Crippen MR) is 61.0 cm³/mol. The van der Waals surface area contributed by atoms with Crippen molar-refractivity contribution in [3.8, 4) is 5.75 Å². The van der Waals surface area contributed by atoms with Gasteiger partial charge in [0.2, 0.25) is 0 Å². The molecule has 0 fully saturated rings. The summed E-state index contributed by atoms with van der Waals surface area (Å²) >= 11 is 6.37. The summed E-state index contributed by atoms with van der Waals surface area (Å²) in [7, 11) is 0. The molecule has 1 aromatic rings. The first kappa shape index (κ1) is 11.9. The van der Waals surface area contributed by atoms with Gasteiger partial charge in [0.15, 0.2) is 0 Å². The van der Waals surface area contributed by atoms with E-state index >= 15 is 0 Å². The van der Waals surface area contributed by atoms with Gasteiger partial charge in [-0.1, -0.05) is 0 Å². The van der Waals surface area contributed by atoms with Crippen LogP contribution in [0.25, 0.3) is 0 Å². The minimum Gasteiger partial charge on any atom is -0.506 e. The van der Waals surface area contributed by atoms with E-state index in [2.05, 4.69) is 31.9 Å². The fourth-order valence-corrected chi connectivity index (χ4v) is 2.31. The second kappa shape index (κ2) is 5.09. The molecule has 0 saturated heterocycles. The minimum absolute atomic E-state index is 0.126. The highest BCUT2D eigenvalue weighted by molar-refractivity contribution is 9.11. The molecule has 14 heavy (non-hydrogen) atoms. The molecule has 0 bridgehead atoms. The Hall–Kier alpha value is -0.130. The van der Waals surface area contributed by atoms with E-state index in [0.29, 0.717) is 8.95 Å². The Labute approximate surface area is 98.6 Å². The highest BCUT2D eigenvalue weighted by Crippen LogP contribution is 2.35. The summed E-state index contributed by atoms with van der Waals surface area (Å²) in [6.45, 7) is -0.447. The standard InChI is InChI=1S/C9H10Br2FNO/c10-6-3-5(8(13)1-2-12)4-7(11)9(6)14/h3-4,8,14H,1-2,13H2/t8-/m1/s1. The van der Waals surface area contributed by atoms with Crippen LogP contribution in [0, 0.1) is 0 Å². The van der Waals surface area contributed by atoms with Crippen molar-refractivity contribution in [1.82, 2.24) is 0 Å². The van der Waals surface area contributed by atoms with E-state index in [1.807, 2.05) is 0 Å². The number of benzene rings is 1. The van der Waals surface area contributed by atoms with Gasteiger partial charge in [-0.2, -0.15) is 0 Å². The molecule has 2 nitrogen and oxygen atoms in total. The molecule has 3 N–H and O–H groups in total. The highest BCUT2D eigenvalue weighted by Gasteiger charge is 2.11. The lowest BCUT2D eigenvalue weighted by Gasteiger charge is -2.11. The maximum absolute atomic E-state index is 12.1. The van der Waals surface area contributed by atoms with E-state index in [4.69, 9.17) is 5.73 Å². The van der Waals surface area contributed by atoms with Crippen LogP contribution in [0.4, 0.5) is 4.39 Å². The zero-order valence-corrected chi connectivity index (χ0v) is 10.5. The lowest BCUT2D eigenvalue weighted by Crippen LogP contribution is -2.10. The fraction of sp³-hybridized carbons (Fsp3) is 0.333. The van der Waals surface area contributed by atoms with Gasteiger partial charge in [0, 0.05) is 6.04 Å². The Morgan fingerprint density at radius 1 is 1.36 bits per heavy atom. The Morgan fingerprint density at radius 2 is 1.86 bits per heavy atom. The molecule has 0 aromatic heterocycles. The number of phenols is 1. The zero-order valence-electron chi connectivity index (χ0n) is 7.30. The number of alkyl halides is 1. The van der Waals surface area contributed by atoms with Crippen molar-refractivity contribution in [3.05, 3.63) is 26.6 Å². The SMILES string of the molecule is N[C@H](CCF)c1cc(Br)c(O)c(Br)c1. The number of halogens is 3. The average molecular weight is 327 g/mol. The molecule has 0 saturated carbocycles. The summed E-state index contributed by atoms with van der Waals surface area (Å²) in [5, 5.41) is 9.43.